The monoisotopic (exact) mass is 335 g/mol. The zero-order valence-corrected chi connectivity index (χ0v) is 13.5. The fraction of sp³-hybridized carbons (Fsp3) is 0.333. The molecule has 0 spiro atoms. The van der Waals surface area contributed by atoms with E-state index in [0.717, 1.165) is 4.57 Å². The summed E-state index contributed by atoms with van der Waals surface area (Å²) in [6.45, 7) is 2.02. The van der Waals surface area contributed by atoms with Crippen LogP contribution in [0.2, 0.25) is 0 Å². The lowest BCUT2D eigenvalue weighted by molar-refractivity contribution is -0.385. The zero-order valence-electron chi connectivity index (χ0n) is 13.5. The number of nitro benzene ring substituents is 1. The van der Waals surface area contributed by atoms with Crippen LogP contribution in [0.5, 0.6) is 11.6 Å². The van der Waals surface area contributed by atoms with Crippen LogP contribution in [0.25, 0.3) is 0 Å². The maximum atomic E-state index is 12.3. The first-order valence-electron chi connectivity index (χ1n) is 7.14. The third kappa shape index (κ3) is 3.29. The molecule has 1 heterocycles. The molecule has 2 aromatic rings. The molecule has 0 fully saturated rings. The number of hydrogen-bond acceptors (Lipinski definition) is 6. The van der Waals surface area contributed by atoms with Gasteiger partial charge in [-0.05, 0) is 18.6 Å². The van der Waals surface area contributed by atoms with Crippen molar-refractivity contribution in [2.45, 2.75) is 13.5 Å². The third-order valence-electron chi connectivity index (χ3n) is 3.43. The van der Waals surface area contributed by atoms with Crippen LogP contribution in [0, 0.1) is 10.1 Å². The molecule has 9 nitrogen and oxygen atoms in total. The summed E-state index contributed by atoms with van der Waals surface area (Å²) in [5.74, 6) is 0.241. The largest absolute Gasteiger partial charge is 0.490 e. The summed E-state index contributed by atoms with van der Waals surface area (Å²) in [7, 11) is 2.69. The van der Waals surface area contributed by atoms with Crippen molar-refractivity contribution in [2.24, 2.45) is 7.05 Å². The van der Waals surface area contributed by atoms with Gasteiger partial charge in [-0.2, -0.15) is 0 Å². The highest BCUT2D eigenvalue weighted by molar-refractivity contribution is 5.48. The summed E-state index contributed by atoms with van der Waals surface area (Å²) in [4.78, 5) is 34.6. The lowest BCUT2D eigenvalue weighted by Crippen LogP contribution is -2.38. The highest BCUT2D eigenvalue weighted by Crippen LogP contribution is 2.28. The molecule has 0 bridgehead atoms. The maximum absolute atomic E-state index is 12.3. The number of rotatable bonds is 6. The number of benzene rings is 1. The first-order chi connectivity index (χ1) is 11.4. The van der Waals surface area contributed by atoms with Gasteiger partial charge in [0.05, 0.1) is 31.3 Å². The predicted molar refractivity (Wildman–Crippen MR) is 85.9 cm³/mol. The second kappa shape index (κ2) is 6.99. The molecule has 0 unspecified atom stereocenters. The predicted octanol–water partition coefficient (Wildman–Crippen LogP) is 0.911. The third-order valence-corrected chi connectivity index (χ3v) is 3.43. The van der Waals surface area contributed by atoms with Crippen LogP contribution in [-0.4, -0.2) is 27.8 Å². The van der Waals surface area contributed by atoms with Crippen LogP contribution in [0.1, 0.15) is 12.5 Å². The van der Waals surface area contributed by atoms with Crippen LogP contribution in [-0.2, 0) is 13.6 Å². The van der Waals surface area contributed by atoms with Gasteiger partial charge >= 0.3 is 11.4 Å². The molecule has 0 radical (unpaired) electrons. The van der Waals surface area contributed by atoms with Crippen molar-refractivity contribution >= 4 is 5.69 Å². The van der Waals surface area contributed by atoms with Gasteiger partial charge in [-0.3, -0.25) is 24.0 Å². The highest BCUT2D eigenvalue weighted by atomic mass is 16.6. The molecule has 1 aromatic heterocycles. The normalized spacial score (nSPS) is 10.5. The smallest absolute Gasteiger partial charge is 0.333 e. The number of aromatic nitrogens is 2. The second-order valence-corrected chi connectivity index (χ2v) is 4.94. The molecule has 0 aliphatic heterocycles. The van der Waals surface area contributed by atoms with Crippen molar-refractivity contribution in [3.05, 3.63) is 60.8 Å². The molecule has 0 aliphatic carbocycles. The van der Waals surface area contributed by atoms with Crippen LogP contribution >= 0.6 is 0 Å². The van der Waals surface area contributed by atoms with Gasteiger partial charge in [-0.25, -0.2) is 4.79 Å². The van der Waals surface area contributed by atoms with E-state index in [1.54, 1.807) is 13.0 Å². The number of nitro groups is 1. The molecule has 2 rings (SSSR count). The number of ether oxygens (including phenoxy) is 2. The van der Waals surface area contributed by atoms with E-state index in [2.05, 4.69) is 0 Å². The van der Waals surface area contributed by atoms with Gasteiger partial charge in [-0.15, -0.1) is 0 Å². The van der Waals surface area contributed by atoms with E-state index in [1.165, 1.54) is 36.9 Å². The van der Waals surface area contributed by atoms with Crippen LogP contribution in [0.3, 0.4) is 0 Å². The van der Waals surface area contributed by atoms with Crippen LogP contribution in [0.4, 0.5) is 5.69 Å². The van der Waals surface area contributed by atoms with Gasteiger partial charge in [0.2, 0.25) is 5.88 Å². The molecule has 0 atom stereocenters. The van der Waals surface area contributed by atoms with Crippen molar-refractivity contribution in [2.75, 3.05) is 13.7 Å². The summed E-state index contributed by atoms with van der Waals surface area (Å²) >= 11 is 0. The lowest BCUT2D eigenvalue weighted by Gasteiger charge is -2.14. The van der Waals surface area contributed by atoms with Gasteiger partial charge in [0, 0.05) is 13.1 Å². The second-order valence-electron chi connectivity index (χ2n) is 4.94. The SMILES string of the molecule is CCOc1cc(=O)n(C)c(=O)n1Cc1ccc(OC)c([N+](=O)[O-])c1. The summed E-state index contributed by atoms with van der Waals surface area (Å²) in [6.07, 6.45) is 0. The maximum Gasteiger partial charge on any atom is 0.333 e. The average Bonchev–Trinajstić information content (AvgIpc) is 2.56. The molecule has 0 saturated heterocycles. The number of hydrogen-bond donors (Lipinski definition) is 0. The highest BCUT2D eigenvalue weighted by Gasteiger charge is 2.17. The van der Waals surface area contributed by atoms with Crippen LogP contribution in [0.15, 0.2) is 33.9 Å². The fourth-order valence-electron chi connectivity index (χ4n) is 2.22. The molecular weight excluding hydrogens is 318 g/mol. The standard InChI is InChI=1S/C15H17N3O6/c1-4-24-14-8-13(19)16(2)15(20)17(14)9-10-5-6-12(23-3)11(7-10)18(21)22/h5-8H,4,9H2,1-3H3. The Balaban J connectivity index is 2.54. The molecule has 24 heavy (non-hydrogen) atoms. The van der Waals surface area contributed by atoms with E-state index in [0.29, 0.717) is 5.56 Å². The van der Waals surface area contributed by atoms with Crippen molar-refractivity contribution in [3.8, 4) is 11.6 Å². The van der Waals surface area contributed by atoms with E-state index in [4.69, 9.17) is 9.47 Å². The summed E-state index contributed by atoms with van der Waals surface area (Å²) in [6, 6.07) is 5.61. The summed E-state index contributed by atoms with van der Waals surface area (Å²) in [5, 5.41) is 11.1. The molecule has 1 aromatic carbocycles. The topological polar surface area (TPSA) is 106 Å². The van der Waals surface area contributed by atoms with Crippen molar-refractivity contribution < 1.29 is 14.4 Å². The first kappa shape index (κ1) is 17.3. The molecule has 0 aliphatic rings. The molecule has 128 valence electrons. The Bertz CT molecular complexity index is 884. The minimum absolute atomic E-state index is 0.0210. The lowest BCUT2D eigenvalue weighted by atomic mass is 10.2. The Kier molecular flexibility index (Phi) is 5.02. The van der Waals surface area contributed by atoms with Gasteiger partial charge in [0.25, 0.3) is 5.56 Å². The summed E-state index contributed by atoms with van der Waals surface area (Å²) in [5.41, 5.74) is -0.750. The first-order valence-corrected chi connectivity index (χ1v) is 7.14. The molecule has 0 N–H and O–H groups in total. The minimum atomic E-state index is -0.565. The van der Waals surface area contributed by atoms with E-state index in [9.17, 15) is 19.7 Å². The Morgan fingerprint density at radius 3 is 2.54 bits per heavy atom. The average molecular weight is 335 g/mol. The minimum Gasteiger partial charge on any atom is -0.490 e. The van der Waals surface area contributed by atoms with E-state index >= 15 is 0 Å². The van der Waals surface area contributed by atoms with Crippen LogP contribution < -0.4 is 20.7 Å². The molecular formula is C15H17N3O6. The Morgan fingerprint density at radius 2 is 1.96 bits per heavy atom. The fourth-order valence-corrected chi connectivity index (χ4v) is 2.22. The van der Waals surface area contributed by atoms with E-state index in [1.807, 2.05) is 0 Å². The van der Waals surface area contributed by atoms with Crippen molar-refractivity contribution in [1.82, 2.24) is 9.13 Å². The Morgan fingerprint density at radius 1 is 1.25 bits per heavy atom. The number of methoxy groups -OCH3 is 1. The van der Waals surface area contributed by atoms with Crippen molar-refractivity contribution in [1.29, 1.82) is 0 Å². The van der Waals surface area contributed by atoms with Gasteiger partial charge in [-0.1, -0.05) is 6.07 Å². The van der Waals surface area contributed by atoms with Gasteiger partial charge in [0.1, 0.15) is 0 Å². The van der Waals surface area contributed by atoms with E-state index in [-0.39, 0.29) is 30.5 Å². The van der Waals surface area contributed by atoms with Gasteiger partial charge < -0.3 is 9.47 Å². The molecule has 0 amide bonds. The quantitative estimate of drug-likeness (QED) is 0.574. The zero-order chi connectivity index (χ0) is 17.9. The van der Waals surface area contributed by atoms with E-state index < -0.39 is 16.2 Å². The molecule has 0 saturated carbocycles. The molecule has 9 heteroatoms. The van der Waals surface area contributed by atoms with Gasteiger partial charge in [0.15, 0.2) is 5.75 Å². The van der Waals surface area contributed by atoms with Crippen molar-refractivity contribution in [3.63, 3.8) is 0 Å². The summed E-state index contributed by atoms with van der Waals surface area (Å²) < 4.78 is 12.5. The Hall–Kier alpha value is -3.10. The Labute approximate surface area is 136 Å². The number of nitrogens with zero attached hydrogens (tertiary/aromatic N) is 3.